The highest BCUT2D eigenvalue weighted by atomic mass is 35.5. The maximum absolute atomic E-state index is 14.5. The van der Waals surface area contributed by atoms with E-state index in [1.54, 1.807) is 12.1 Å². The van der Waals surface area contributed by atoms with Crippen molar-refractivity contribution in [1.29, 1.82) is 0 Å². The molecule has 14 nitrogen and oxygen atoms in total. The van der Waals surface area contributed by atoms with Gasteiger partial charge in [-0.1, -0.05) is 28.2 Å². The molecule has 0 unspecified atom stereocenters. The van der Waals surface area contributed by atoms with Gasteiger partial charge >= 0.3 is 5.95 Å². The molecule has 0 aliphatic heterocycles. The molecule has 2 heterocycles. The normalized spacial score (nSPS) is 10.9. The van der Waals surface area contributed by atoms with Crippen LogP contribution in [0.4, 0.5) is 21.8 Å². The maximum Gasteiger partial charge on any atom is 0.490 e. The summed E-state index contributed by atoms with van der Waals surface area (Å²) in [5.41, 5.74) is 0.597. The Balaban J connectivity index is 1.28. The van der Waals surface area contributed by atoms with Gasteiger partial charge in [0.05, 0.1) is 41.6 Å². The summed E-state index contributed by atoms with van der Waals surface area (Å²) >= 11 is 11.8. The van der Waals surface area contributed by atoms with E-state index < -0.39 is 22.6 Å². The molecule has 210 valence electrons. The van der Waals surface area contributed by atoms with Crippen molar-refractivity contribution in [2.75, 3.05) is 38.8 Å². The van der Waals surface area contributed by atoms with Crippen molar-refractivity contribution in [3.05, 3.63) is 62.9 Å². The molecule has 0 fully saturated rings. The Morgan fingerprint density at radius 1 is 1.15 bits per heavy atom. The first-order valence-corrected chi connectivity index (χ1v) is 12.3. The quantitative estimate of drug-likeness (QED) is 0.100. The SMILES string of the molecule is COc1cc2c(Nc3ccc(Cl)c(Cl)c3F)ncnc2cc1OCCOCCNC(=O)Cn1cnc([N+](=O)[O-])n1. The van der Waals surface area contributed by atoms with E-state index in [1.807, 2.05) is 0 Å². The van der Waals surface area contributed by atoms with E-state index in [-0.39, 0.29) is 48.6 Å². The predicted octanol–water partition coefficient (Wildman–Crippen LogP) is 3.54. The van der Waals surface area contributed by atoms with Crippen LogP contribution in [-0.4, -0.2) is 69.0 Å². The minimum atomic E-state index is -0.748. The topological polar surface area (TPSA) is 168 Å². The molecule has 2 aromatic carbocycles. The highest BCUT2D eigenvalue weighted by Crippen LogP contribution is 2.36. The molecule has 4 rings (SSSR count). The Morgan fingerprint density at radius 3 is 2.73 bits per heavy atom. The number of amides is 1. The lowest BCUT2D eigenvalue weighted by Crippen LogP contribution is -2.31. The van der Waals surface area contributed by atoms with Gasteiger partial charge in [0.15, 0.2) is 17.3 Å². The van der Waals surface area contributed by atoms with Crippen LogP contribution in [0.2, 0.25) is 10.0 Å². The summed E-state index contributed by atoms with van der Waals surface area (Å²) in [6, 6.07) is 6.22. The standard InChI is InChI=1S/C23H21Cl2FN8O6/c1-38-17-8-13-16(28-11-29-22(13)31-15-3-2-14(24)20(25)21(15)26)9-18(17)40-7-6-39-5-4-27-19(35)10-33-12-30-23(32-33)34(36)37/h2-3,8-9,11-12H,4-7,10H2,1H3,(H,27,35)(H,28,29,31). The van der Waals surface area contributed by atoms with Crippen molar-refractivity contribution in [3.63, 3.8) is 0 Å². The number of halogens is 3. The van der Waals surface area contributed by atoms with E-state index in [9.17, 15) is 19.3 Å². The number of hydrogen-bond acceptors (Lipinski definition) is 11. The van der Waals surface area contributed by atoms with Crippen LogP contribution in [-0.2, 0) is 16.1 Å². The van der Waals surface area contributed by atoms with Crippen LogP contribution >= 0.6 is 23.2 Å². The van der Waals surface area contributed by atoms with Crippen LogP contribution < -0.4 is 20.1 Å². The fraction of sp³-hybridized carbons (Fsp3) is 0.261. The van der Waals surface area contributed by atoms with Crippen LogP contribution in [0.25, 0.3) is 10.9 Å². The second-order valence-electron chi connectivity index (χ2n) is 7.90. The lowest BCUT2D eigenvalue weighted by atomic mass is 10.2. The molecule has 0 saturated carbocycles. The Hall–Kier alpha value is -4.34. The van der Waals surface area contributed by atoms with E-state index in [2.05, 4.69) is 30.7 Å². The average Bonchev–Trinajstić information content (AvgIpc) is 3.41. The Bertz CT molecular complexity index is 1540. The van der Waals surface area contributed by atoms with Crippen molar-refractivity contribution in [2.24, 2.45) is 0 Å². The first-order chi connectivity index (χ1) is 19.3. The molecule has 0 spiro atoms. The molecule has 0 aliphatic rings. The Labute approximate surface area is 235 Å². The number of carbonyl (C=O) groups is 1. The molecule has 40 heavy (non-hydrogen) atoms. The second-order valence-corrected chi connectivity index (χ2v) is 8.69. The highest BCUT2D eigenvalue weighted by molar-refractivity contribution is 6.42. The number of benzene rings is 2. The fourth-order valence-corrected chi connectivity index (χ4v) is 3.72. The summed E-state index contributed by atoms with van der Waals surface area (Å²) in [5.74, 6) is -0.589. The number of rotatable bonds is 13. The highest BCUT2D eigenvalue weighted by Gasteiger charge is 2.16. The van der Waals surface area contributed by atoms with Crippen molar-refractivity contribution >= 4 is 57.5 Å². The Kier molecular flexibility index (Phi) is 9.42. The molecular weight excluding hydrogens is 574 g/mol. The molecule has 0 atom stereocenters. The van der Waals surface area contributed by atoms with Crippen LogP contribution in [0.1, 0.15) is 0 Å². The fourth-order valence-electron chi connectivity index (χ4n) is 3.41. The van der Waals surface area contributed by atoms with Gasteiger partial charge in [0.2, 0.25) is 12.2 Å². The van der Waals surface area contributed by atoms with Gasteiger partial charge in [-0.3, -0.25) is 4.79 Å². The molecule has 2 N–H and O–H groups in total. The lowest BCUT2D eigenvalue weighted by Gasteiger charge is -2.14. The van der Waals surface area contributed by atoms with Crippen LogP contribution in [0.5, 0.6) is 11.5 Å². The molecule has 4 aromatic rings. The third kappa shape index (κ3) is 6.99. The number of nitro groups is 1. The van der Waals surface area contributed by atoms with Gasteiger partial charge in [0.1, 0.15) is 25.3 Å². The Morgan fingerprint density at radius 2 is 1.98 bits per heavy atom. The van der Waals surface area contributed by atoms with E-state index in [1.165, 1.54) is 25.6 Å². The third-order valence-corrected chi connectivity index (χ3v) is 6.04. The molecular formula is C23H21Cl2FN8O6. The lowest BCUT2D eigenvalue weighted by molar-refractivity contribution is -0.394. The molecule has 2 aromatic heterocycles. The molecule has 1 amide bonds. The van der Waals surface area contributed by atoms with Crippen LogP contribution in [0.3, 0.4) is 0 Å². The summed E-state index contributed by atoms with van der Waals surface area (Å²) in [5, 5.41) is 20.1. The average molecular weight is 595 g/mol. The van der Waals surface area contributed by atoms with E-state index in [0.29, 0.717) is 28.2 Å². The number of methoxy groups -OCH3 is 1. The van der Waals surface area contributed by atoms with Crippen molar-refractivity contribution in [3.8, 4) is 11.5 Å². The van der Waals surface area contributed by atoms with Crippen LogP contribution in [0.15, 0.2) is 36.9 Å². The van der Waals surface area contributed by atoms with Gasteiger partial charge in [-0.2, -0.15) is 4.68 Å². The zero-order valence-electron chi connectivity index (χ0n) is 20.8. The van der Waals surface area contributed by atoms with E-state index >= 15 is 0 Å². The van der Waals surface area contributed by atoms with Gasteiger partial charge in [0, 0.05) is 23.1 Å². The number of ether oxygens (including phenoxy) is 3. The zero-order valence-corrected chi connectivity index (χ0v) is 22.3. The largest absolute Gasteiger partial charge is 0.493 e. The van der Waals surface area contributed by atoms with E-state index in [0.717, 1.165) is 11.0 Å². The summed E-state index contributed by atoms with van der Waals surface area (Å²) in [6.45, 7) is 0.577. The van der Waals surface area contributed by atoms with Crippen LogP contribution in [0, 0.1) is 15.9 Å². The monoisotopic (exact) mass is 594 g/mol. The predicted molar refractivity (Wildman–Crippen MR) is 142 cm³/mol. The molecule has 0 radical (unpaired) electrons. The number of carbonyl (C=O) groups excluding carboxylic acids is 1. The smallest absolute Gasteiger partial charge is 0.490 e. The van der Waals surface area contributed by atoms with Gasteiger partial charge in [-0.25, -0.2) is 14.4 Å². The number of fused-ring (bicyclic) bond motifs is 1. The number of nitrogens with one attached hydrogen (secondary N) is 2. The summed E-state index contributed by atoms with van der Waals surface area (Å²) in [7, 11) is 1.47. The van der Waals surface area contributed by atoms with Gasteiger partial charge in [-0.15, -0.1) is 0 Å². The minimum Gasteiger partial charge on any atom is -0.493 e. The molecule has 0 saturated heterocycles. The molecule has 0 aliphatic carbocycles. The van der Waals surface area contributed by atoms with Gasteiger partial charge in [0.25, 0.3) is 0 Å². The first-order valence-electron chi connectivity index (χ1n) is 11.5. The molecule has 0 bridgehead atoms. The van der Waals surface area contributed by atoms with Gasteiger partial charge < -0.3 is 35.0 Å². The summed E-state index contributed by atoms with van der Waals surface area (Å²) in [6.07, 6.45) is 2.42. The minimum absolute atomic E-state index is 0.0874. The maximum atomic E-state index is 14.5. The number of aromatic nitrogens is 5. The number of nitrogens with zero attached hydrogens (tertiary/aromatic N) is 6. The second kappa shape index (κ2) is 13.1. The third-order valence-electron chi connectivity index (χ3n) is 5.26. The molecule has 17 heteroatoms. The summed E-state index contributed by atoms with van der Waals surface area (Å²) < 4.78 is 32.3. The van der Waals surface area contributed by atoms with Crippen molar-refractivity contribution < 1.29 is 28.3 Å². The number of anilines is 2. The number of hydrogen-bond donors (Lipinski definition) is 2. The van der Waals surface area contributed by atoms with Gasteiger partial charge in [-0.05, 0) is 23.1 Å². The summed E-state index contributed by atoms with van der Waals surface area (Å²) in [4.78, 5) is 33.7. The first kappa shape index (κ1) is 28.7. The zero-order chi connectivity index (χ0) is 28.6. The van der Waals surface area contributed by atoms with Crippen molar-refractivity contribution in [2.45, 2.75) is 6.54 Å². The van der Waals surface area contributed by atoms with E-state index in [4.69, 9.17) is 37.4 Å². The van der Waals surface area contributed by atoms with Crippen molar-refractivity contribution in [1.82, 2.24) is 30.0 Å².